The fourth-order valence-electron chi connectivity index (χ4n) is 0.577. The molecule has 0 spiro atoms. The van der Waals surface area contributed by atoms with Gasteiger partial charge in [-0.25, -0.2) is 0 Å². The van der Waals surface area contributed by atoms with E-state index in [0.717, 1.165) is 0 Å². The number of epoxide rings is 1. The Hall–Kier alpha value is -0.380. The normalized spacial score (nSPS) is 28.9. The van der Waals surface area contributed by atoms with Crippen molar-refractivity contribution in [3.8, 4) is 0 Å². The van der Waals surface area contributed by atoms with E-state index < -0.39 is 6.10 Å². The highest BCUT2D eigenvalue weighted by Crippen LogP contribution is 2.14. The third-order valence-electron chi connectivity index (χ3n) is 1.18. The molecule has 9 heavy (non-hydrogen) atoms. The van der Waals surface area contributed by atoms with Crippen LogP contribution < -0.4 is 0 Å². The lowest BCUT2D eigenvalue weighted by atomic mass is 10.2. The van der Waals surface area contributed by atoms with Crippen molar-refractivity contribution < 1.29 is 14.9 Å². The van der Waals surface area contributed by atoms with Crippen LogP contribution in [0.3, 0.4) is 0 Å². The van der Waals surface area contributed by atoms with Crippen LogP contribution in [0.25, 0.3) is 0 Å². The van der Waals surface area contributed by atoms with Crippen molar-refractivity contribution in [3.63, 3.8) is 0 Å². The summed E-state index contributed by atoms with van der Waals surface area (Å²) in [6, 6.07) is 0. The molecule has 3 heteroatoms. The average molecular weight is 130 g/mol. The number of rotatable bonds is 3. The van der Waals surface area contributed by atoms with Gasteiger partial charge in [-0.15, -0.1) is 0 Å². The van der Waals surface area contributed by atoms with Gasteiger partial charge < -0.3 is 14.9 Å². The third-order valence-corrected chi connectivity index (χ3v) is 1.18. The Bertz CT molecular complexity index is 107. The second kappa shape index (κ2) is 2.96. The van der Waals surface area contributed by atoms with Gasteiger partial charge in [-0.3, -0.25) is 0 Å². The molecule has 3 nitrogen and oxygen atoms in total. The molecule has 0 aliphatic carbocycles. The van der Waals surface area contributed by atoms with Gasteiger partial charge in [0, 0.05) is 0 Å². The maximum atomic E-state index is 9.00. The molecule has 1 fully saturated rings. The Balaban J connectivity index is 2.16. The summed E-state index contributed by atoms with van der Waals surface area (Å²) in [5, 5.41) is 17.3. The molecular weight excluding hydrogens is 120 g/mol. The first-order chi connectivity index (χ1) is 4.34. The average Bonchev–Trinajstić information content (AvgIpc) is 2.63. The Morgan fingerprint density at radius 3 is 2.89 bits per heavy atom. The van der Waals surface area contributed by atoms with Gasteiger partial charge in [0.1, 0.15) is 12.2 Å². The van der Waals surface area contributed by atoms with Gasteiger partial charge in [-0.05, 0) is 0 Å². The Morgan fingerprint density at radius 2 is 2.44 bits per heavy atom. The molecule has 0 aromatic carbocycles. The van der Waals surface area contributed by atoms with Gasteiger partial charge in [-0.1, -0.05) is 12.2 Å². The minimum Gasteiger partial charge on any atom is -0.392 e. The predicted octanol–water partition coefficient (Wildman–Crippen LogP) is -0.705. The summed E-state index contributed by atoms with van der Waals surface area (Å²) < 4.78 is 4.78. The topological polar surface area (TPSA) is 53.0 Å². The van der Waals surface area contributed by atoms with Crippen molar-refractivity contribution in [3.05, 3.63) is 12.2 Å². The van der Waals surface area contributed by atoms with Gasteiger partial charge >= 0.3 is 0 Å². The van der Waals surface area contributed by atoms with E-state index in [0.29, 0.717) is 6.61 Å². The molecule has 0 aromatic heterocycles. The predicted molar refractivity (Wildman–Crippen MR) is 32.0 cm³/mol. The lowest BCUT2D eigenvalue weighted by Crippen LogP contribution is -2.10. The summed E-state index contributed by atoms with van der Waals surface area (Å²) in [7, 11) is 0. The minimum absolute atomic E-state index is 0.0206. The van der Waals surface area contributed by atoms with Crippen LogP contribution in [-0.4, -0.2) is 35.6 Å². The zero-order chi connectivity index (χ0) is 6.69. The van der Waals surface area contributed by atoms with Crippen molar-refractivity contribution in [1.82, 2.24) is 0 Å². The molecular formula is C6H10O3. The summed E-state index contributed by atoms with van der Waals surface area (Å²) in [6.45, 7) is 0.612. The number of hydrogen-bond acceptors (Lipinski definition) is 3. The van der Waals surface area contributed by atoms with Crippen molar-refractivity contribution >= 4 is 0 Å². The maximum Gasteiger partial charge on any atom is 0.110 e. The Labute approximate surface area is 53.6 Å². The maximum absolute atomic E-state index is 9.00. The fraction of sp³-hybridized carbons (Fsp3) is 0.667. The molecule has 2 atom stereocenters. The number of ether oxygens (including phenoxy) is 1. The second-order valence-corrected chi connectivity index (χ2v) is 1.97. The van der Waals surface area contributed by atoms with E-state index in [1.807, 2.05) is 0 Å². The summed E-state index contributed by atoms with van der Waals surface area (Å²) in [5.74, 6) is 0. The molecule has 0 amide bonds. The third kappa shape index (κ3) is 2.13. The minimum atomic E-state index is -0.530. The molecule has 1 heterocycles. The van der Waals surface area contributed by atoms with Crippen molar-refractivity contribution in [2.24, 2.45) is 0 Å². The molecule has 0 unspecified atom stereocenters. The Kier molecular flexibility index (Phi) is 2.22. The van der Waals surface area contributed by atoms with Crippen LogP contribution in [0.4, 0.5) is 0 Å². The van der Waals surface area contributed by atoms with E-state index in [4.69, 9.17) is 14.9 Å². The number of hydrogen-bond donors (Lipinski definition) is 2. The summed E-state index contributed by atoms with van der Waals surface area (Å²) >= 11 is 0. The SMILES string of the molecule is OC/C=C/[C@H](O)[C@H]1CO1. The summed E-state index contributed by atoms with van der Waals surface area (Å²) in [6.07, 6.45) is 2.49. The number of aliphatic hydroxyl groups is 2. The smallest absolute Gasteiger partial charge is 0.110 e. The van der Waals surface area contributed by atoms with E-state index in [9.17, 15) is 0 Å². The number of aliphatic hydroxyl groups excluding tert-OH is 2. The van der Waals surface area contributed by atoms with Crippen LogP contribution in [0.5, 0.6) is 0 Å². The highest BCUT2D eigenvalue weighted by molar-refractivity contribution is 4.96. The van der Waals surface area contributed by atoms with Crippen LogP contribution in [0, 0.1) is 0 Å². The van der Waals surface area contributed by atoms with Gasteiger partial charge in [-0.2, -0.15) is 0 Å². The van der Waals surface area contributed by atoms with Crippen LogP contribution in [0.1, 0.15) is 0 Å². The van der Waals surface area contributed by atoms with E-state index in [-0.39, 0.29) is 12.7 Å². The molecule has 1 rings (SSSR count). The molecule has 52 valence electrons. The van der Waals surface area contributed by atoms with Crippen molar-refractivity contribution in [2.75, 3.05) is 13.2 Å². The zero-order valence-corrected chi connectivity index (χ0v) is 5.03. The van der Waals surface area contributed by atoms with Crippen molar-refractivity contribution in [1.29, 1.82) is 0 Å². The van der Waals surface area contributed by atoms with Crippen LogP contribution >= 0.6 is 0 Å². The van der Waals surface area contributed by atoms with E-state index in [1.165, 1.54) is 12.2 Å². The summed E-state index contributed by atoms with van der Waals surface area (Å²) in [4.78, 5) is 0. The molecule has 0 aromatic rings. The summed E-state index contributed by atoms with van der Waals surface area (Å²) in [5.41, 5.74) is 0. The first kappa shape index (κ1) is 6.74. The van der Waals surface area contributed by atoms with Gasteiger partial charge in [0.2, 0.25) is 0 Å². The molecule has 1 saturated heterocycles. The standard InChI is InChI=1S/C6H10O3/c7-3-1-2-5(8)6-4-9-6/h1-2,5-8H,3-4H2/b2-1+/t5-,6+/m0/s1. The first-order valence-corrected chi connectivity index (χ1v) is 2.92. The quantitative estimate of drug-likeness (QED) is 0.392. The van der Waals surface area contributed by atoms with Gasteiger partial charge in [0.25, 0.3) is 0 Å². The van der Waals surface area contributed by atoms with Gasteiger partial charge in [0.05, 0.1) is 13.2 Å². The van der Waals surface area contributed by atoms with Crippen LogP contribution in [0.15, 0.2) is 12.2 Å². The largest absolute Gasteiger partial charge is 0.392 e. The molecule has 2 N–H and O–H groups in total. The lowest BCUT2D eigenvalue weighted by molar-refractivity contribution is 0.177. The highest BCUT2D eigenvalue weighted by atomic mass is 16.6. The Morgan fingerprint density at radius 1 is 1.78 bits per heavy atom. The zero-order valence-electron chi connectivity index (χ0n) is 5.03. The van der Waals surface area contributed by atoms with E-state index in [2.05, 4.69) is 0 Å². The van der Waals surface area contributed by atoms with E-state index >= 15 is 0 Å². The molecule has 0 saturated carbocycles. The van der Waals surface area contributed by atoms with Crippen molar-refractivity contribution in [2.45, 2.75) is 12.2 Å². The fourth-order valence-corrected chi connectivity index (χ4v) is 0.577. The van der Waals surface area contributed by atoms with Crippen LogP contribution in [0.2, 0.25) is 0 Å². The first-order valence-electron chi connectivity index (χ1n) is 2.92. The molecule has 0 bridgehead atoms. The second-order valence-electron chi connectivity index (χ2n) is 1.97. The molecule has 1 aliphatic heterocycles. The molecule has 0 radical (unpaired) electrons. The van der Waals surface area contributed by atoms with E-state index in [1.54, 1.807) is 0 Å². The monoisotopic (exact) mass is 130 g/mol. The van der Waals surface area contributed by atoms with Gasteiger partial charge in [0.15, 0.2) is 0 Å². The lowest BCUT2D eigenvalue weighted by Gasteiger charge is -1.96. The highest BCUT2D eigenvalue weighted by Gasteiger charge is 2.28. The van der Waals surface area contributed by atoms with Crippen LogP contribution in [-0.2, 0) is 4.74 Å². The molecule has 1 aliphatic rings.